The molecule has 2 aromatic carbocycles. The molecule has 35 heavy (non-hydrogen) atoms. The van der Waals surface area contributed by atoms with Crippen LogP contribution in [-0.4, -0.2) is 36.2 Å². The summed E-state index contributed by atoms with van der Waals surface area (Å²) in [6, 6.07) is 7.11. The van der Waals surface area contributed by atoms with Gasteiger partial charge in [0.2, 0.25) is 5.91 Å². The van der Waals surface area contributed by atoms with E-state index < -0.39 is 41.5 Å². The molecule has 1 N–H and O–H groups in total. The van der Waals surface area contributed by atoms with E-state index in [9.17, 15) is 35.5 Å². The van der Waals surface area contributed by atoms with Crippen LogP contribution in [0.5, 0.6) is 0 Å². The van der Waals surface area contributed by atoms with E-state index in [1.165, 1.54) is 19.1 Å². The van der Waals surface area contributed by atoms with Crippen LogP contribution in [0.3, 0.4) is 0 Å². The Bertz CT molecular complexity index is 1040. The fourth-order valence-electron chi connectivity index (χ4n) is 4.65. The molecule has 4 rings (SSSR count). The van der Waals surface area contributed by atoms with Crippen molar-refractivity contribution < 1.29 is 40.3 Å². The Morgan fingerprint density at radius 3 is 2.09 bits per heavy atom. The molecule has 2 aromatic rings. The molecule has 0 aromatic heterocycles. The summed E-state index contributed by atoms with van der Waals surface area (Å²) in [5, 5.41) is 2.85. The lowest BCUT2D eigenvalue weighted by atomic mass is 9.95. The van der Waals surface area contributed by atoms with Crippen LogP contribution < -0.4 is 5.32 Å². The molecule has 190 valence electrons. The van der Waals surface area contributed by atoms with Crippen molar-refractivity contribution in [3.8, 4) is 0 Å². The number of benzene rings is 2. The summed E-state index contributed by atoms with van der Waals surface area (Å²) in [6.45, 7) is 2.12. The maximum atomic E-state index is 13.5. The van der Waals surface area contributed by atoms with Crippen LogP contribution in [0.15, 0.2) is 42.5 Å². The average Bonchev–Trinajstić information content (AvgIpc) is 3.39. The fourth-order valence-corrected chi connectivity index (χ4v) is 4.65. The van der Waals surface area contributed by atoms with E-state index in [1.54, 1.807) is 12.1 Å². The van der Waals surface area contributed by atoms with Gasteiger partial charge >= 0.3 is 12.4 Å². The van der Waals surface area contributed by atoms with Gasteiger partial charge in [0.25, 0.3) is 0 Å². The van der Waals surface area contributed by atoms with Crippen molar-refractivity contribution in [1.82, 2.24) is 10.2 Å². The Kier molecular flexibility index (Phi) is 6.85. The molecule has 1 amide bonds. The van der Waals surface area contributed by atoms with Gasteiger partial charge in [-0.25, -0.2) is 4.39 Å². The fraction of sp³-hybridized carbons (Fsp3) is 0.458. The van der Waals surface area contributed by atoms with Crippen molar-refractivity contribution in [3.05, 3.63) is 70.5 Å². The second kappa shape index (κ2) is 9.42. The normalized spacial score (nSPS) is 24.6. The zero-order valence-corrected chi connectivity index (χ0v) is 18.6. The first-order valence-corrected chi connectivity index (χ1v) is 11.0. The first kappa shape index (κ1) is 25.4. The lowest BCUT2D eigenvalue weighted by Gasteiger charge is -2.25. The average molecular weight is 504 g/mol. The number of nitrogens with zero attached hydrogens (tertiary/aromatic N) is 1. The quantitative estimate of drug-likeness (QED) is 0.536. The van der Waals surface area contributed by atoms with Gasteiger partial charge in [0, 0.05) is 25.4 Å². The van der Waals surface area contributed by atoms with E-state index in [0.717, 1.165) is 5.56 Å². The molecule has 2 saturated heterocycles. The van der Waals surface area contributed by atoms with Gasteiger partial charge in [-0.2, -0.15) is 26.3 Å². The van der Waals surface area contributed by atoms with Crippen LogP contribution in [0.1, 0.15) is 54.0 Å². The van der Waals surface area contributed by atoms with Crippen LogP contribution in [0.25, 0.3) is 0 Å². The zero-order chi connectivity index (χ0) is 25.5. The number of halogens is 7. The number of ether oxygens (including phenoxy) is 1. The standard InChI is InChI=1S/C24H23F7N2O2/c1-13(15-8-16(23(26,27)28)10-17(9-15)24(29,30)31)35-20-12-33(21-6-7-22(34)32-21)11-19(20)14-2-4-18(25)5-3-14/h2-5,8-10,13,19-21H,6-7,11-12H2,1H3,(H,32,34). The first-order valence-electron chi connectivity index (χ1n) is 11.0. The predicted molar refractivity (Wildman–Crippen MR) is 112 cm³/mol. The minimum atomic E-state index is -4.96. The lowest BCUT2D eigenvalue weighted by molar-refractivity contribution is -0.143. The molecule has 4 nitrogen and oxygen atoms in total. The third-order valence-electron chi connectivity index (χ3n) is 6.46. The highest BCUT2D eigenvalue weighted by atomic mass is 19.4. The molecule has 11 heteroatoms. The molecule has 2 aliphatic rings. The third-order valence-corrected chi connectivity index (χ3v) is 6.46. The van der Waals surface area contributed by atoms with Gasteiger partial charge < -0.3 is 10.1 Å². The number of likely N-dealkylation sites (tertiary alicyclic amines) is 1. The van der Waals surface area contributed by atoms with E-state index in [2.05, 4.69) is 5.32 Å². The van der Waals surface area contributed by atoms with Crippen molar-refractivity contribution in [2.24, 2.45) is 0 Å². The maximum absolute atomic E-state index is 13.5. The molecular weight excluding hydrogens is 481 g/mol. The smallest absolute Gasteiger partial charge is 0.369 e. The lowest BCUT2D eigenvalue weighted by Crippen LogP contribution is -2.42. The van der Waals surface area contributed by atoms with Crippen LogP contribution in [0, 0.1) is 5.82 Å². The summed E-state index contributed by atoms with van der Waals surface area (Å²) in [5.41, 5.74) is -2.35. The molecule has 4 unspecified atom stereocenters. The SMILES string of the molecule is CC(OC1CN(C2CCC(=O)N2)CC1c1ccc(F)cc1)c1cc(C(F)(F)F)cc(C(F)(F)F)c1. The number of carbonyl (C=O) groups is 1. The summed E-state index contributed by atoms with van der Waals surface area (Å²) >= 11 is 0. The number of rotatable bonds is 5. The van der Waals surface area contributed by atoms with Crippen molar-refractivity contribution in [2.75, 3.05) is 13.1 Å². The third kappa shape index (κ3) is 5.78. The highest BCUT2D eigenvalue weighted by Gasteiger charge is 2.41. The van der Waals surface area contributed by atoms with Gasteiger partial charge in [0.1, 0.15) is 5.82 Å². The topological polar surface area (TPSA) is 41.6 Å². The van der Waals surface area contributed by atoms with E-state index in [0.29, 0.717) is 38.1 Å². The molecule has 2 fully saturated rings. The molecule has 0 spiro atoms. The molecule has 0 bridgehead atoms. The Hall–Kier alpha value is -2.66. The van der Waals surface area contributed by atoms with E-state index >= 15 is 0 Å². The van der Waals surface area contributed by atoms with Crippen molar-refractivity contribution in [2.45, 2.75) is 56.4 Å². The van der Waals surface area contributed by atoms with Crippen molar-refractivity contribution >= 4 is 5.91 Å². The number of carbonyl (C=O) groups excluding carboxylic acids is 1. The molecule has 0 saturated carbocycles. The summed E-state index contributed by atoms with van der Waals surface area (Å²) in [7, 11) is 0. The predicted octanol–water partition coefficient (Wildman–Crippen LogP) is 5.65. The van der Waals surface area contributed by atoms with Crippen molar-refractivity contribution in [3.63, 3.8) is 0 Å². The van der Waals surface area contributed by atoms with Gasteiger partial charge in [0.15, 0.2) is 0 Å². The van der Waals surface area contributed by atoms with Crippen molar-refractivity contribution in [1.29, 1.82) is 0 Å². The monoisotopic (exact) mass is 504 g/mol. The van der Waals surface area contributed by atoms with Crippen LogP contribution in [0.2, 0.25) is 0 Å². The van der Waals surface area contributed by atoms with Gasteiger partial charge in [0.05, 0.1) is 29.5 Å². The Balaban J connectivity index is 1.62. The van der Waals surface area contributed by atoms with Crippen LogP contribution in [-0.2, 0) is 21.9 Å². The summed E-state index contributed by atoms with van der Waals surface area (Å²) in [5.74, 6) is -0.876. The Morgan fingerprint density at radius 2 is 1.57 bits per heavy atom. The second-order valence-corrected chi connectivity index (χ2v) is 8.89. The molecule has 2 aliphatic heterocycles. The number of hydrogen-bond acceptors (Lipinski definition) is 3. The highest BCUT2D eigenvalue weighted by Crippen LogP contribution is 2.40. The van der Waals surface area contributed by atoms with Crippen LogP contribution in [0.4, 0.5) is 30.7 Å². The molecule has 4 atom stereocenters. The number of nitrogens with one attached hydrogen (secondary N) is 1. The van der Waals surface area contributed by atoms with Gasteiger partial charge in [-0.05, 0) is 54.8 Å². The number of alkyl halides is 6. The largest absolute Gasteiger partial charge is 0.416 e. The van der Waals surface area contributed by atoms with Gasteiger partial charge in [-0.3, -0.25) is 9.69 Å². The van der Waals surface area contributed by atoms with E-state index in [1.807, 2.05) is 4.90 Å². The summed E-state index contributed by atoms with van der Waals surface area (Å²) in [6.07, 6.45) is -11.0. The summed E-state index contributed by atoms with van der Waals surface area (Å²) < 4.78 is 99.3. The maximum Gasteiger partial charge on any atom is 0.416 e. The van der Waals surface area contributed by atoms with E-state index in [-0.39, 0.29) is 29.6 Å². The molecular formula is C24H23F7N2O2. The van der Waals surface area contributed by atoms with Gasteiger partial charge in [-0.1, -0.05) is 12.1 Å². The first-order chi connectivity index (χ1) is 16.3. The van der Waals surface area contributed by atoms with E-state index in [4.69, 9.17) is 4.74 Å². The molecule has 0 aliphatic carbocycles. The van der Waals surface area contributed by atoms with Crippen LogP contribution >= 0.6 is 0 Å². The number of hydrogen-bond donors (Lipinski definition) is 1. The minimum absolute atomic E-state index is 0.0810. The summed E-state index contributed by atoms with van der Waals surface area (Å²) in [4.78, 5) is 13.6. The Morgan fingerprint density at radius 1 is 0.971 bits per heavy atom. The zero-order valence-electron chi connectivity index (χ0n) is 18.6. The minimum Gasteiger partial charge on any atom is -0.369 e. The number of amides is 1. The second-order valence-electron chi connectivity index (χ2n) is 8.89. The highest BCUT2D eigenvalue weighted by molar-refractivity contribution is 5.78. The molecule has 0 radical (unpaired) electrons. The Labute approximate surface area is 197 Å². The molecule has 2 heterocycles. The van der Waals surface area contributed by atoms with Gasteiger partial charge in [-0.15, -0.1) is 0 Å².